The molecule has 2 aliphatic rings. The minimum Gasteiger partial charge on any atom is -0.372 e. The lowest BCUT2D eigenvalue weighted by Crippen LogP contribution is -2.48. The summed E-state index contributed by atoms with van der Waals surface area (Å²) in [5.74, 6) is 0.169. The van der Waals surface area contributed by atoms with Gasteiger partial charge in [-0.05, 0) is 12.8 Å². The fourth-order valence-electron chi connectivity index (χ4n) is 2.35. The number of carbonyl (C=O) groups excluding carboxylic acids is 1. The van der Waals surface area contributed by atoms with E-state index in [0.29, 0.717) is 0 Å². The third-order valence-electron chi connectivity index (χ3n) is 3.43. The van der Waals surface area contributed by atoms with Gasteiger partial charge in [-0.2, -0.15) is 0 Å². The maximum Gasteiger partial charge on any atom is 0.219 e. The molecule has 4 nitrogen and oxygen atoms in total. The van der Waals surface area contributed by atoms with E-state index in [9.17, 15) is 4.79 Å². The van der Waals surface area contributed by atoms with Gasteiger partial charge >= 0.3 is 0 Å². The summed E-state index contributed by atoms with van der Waals surface area (Å²) in [6.45, 7) is 10.0. The smallest absolute Gasteiger partial charge is 0.219 e. The van der Waals surface area contributed by atoms with E-state index in [2.05, 4.69) is 11.5 Å². The monoisotopic (exact) mass is 224 g/mol. The van der Waals surface area contributed by atoms with Crippen LogP contribution in [0.25, 0.3) is 0 Å². The first kappa shape index (κ1) is 11.5. The quantitative estimate of drug-likeness (QED) is 0.697. The van der Waals surface area contributed by atoms with E-state index in [0.717, 1.165) is 51.3 Å². The van der Waals surface area contributed by atoms with Crippen molar-refractivity contribution >= 4 is 5.91 Å². The predicted molar refractivity (Wildman–Crippen MR) is 61.9 cm³/mol. The molecule has 2 saturated heterocycles. The molecule has 0 N–H and O–H groups in total. The summed E-state index contributed by atoms with van der Waals surface area (Å²) in [6.07, 6.45) is 2.44. The second-order valence-electron chi connectivity index (χ2n) is 4.49. The Morgan fingerprint density at radius 3 is 2.38 bits per heavy atom. The number of carbonyl (C=O) groups is 1. The number of hydrogen-bond donors (Lipinski definition) is 0. The minimum atomic E-state index is 0.169. The Labute approximate surface area is 96.8 Å². The molecule has 4 heteroatoms. The fraction of sp³-hybridized carbons (Fsp3) is 0.750. The second-order valence-corrected chi connectivity index (χ2v) is 4.49. The third-order valence-corrected chi connectivity index (χ3v) is 3.43. The van der Waals surface area contributed by atoms with Gasteiger partial charge in [0.05, 0.1) is 6.10 Å². The summed E-state index contributed by atoms with van der Waals surface area (Å²) < 4.78 is 5.62. The average Bonchev–Trinajstić information content (AvgIpc) is 2.81. The van der Waals surface area contributed by atoms with Crippen LogP contribution in [-0.4, -0.2) is 54.6 Å². The van der Waals surface area contributed by atoms with Crippen LogP contribution in [0.4, 0.5) is 0 Å². The van der Waals surface area contributed by atoms with Gasteiger partial charge < -0.3 is 14.5 Å². The first-order valence-electron chi connectivity index (χ1n) is 5.99. The van der Waals surface area contributed by atoms with Gasteiger partial charge in [0.1, 0.15) is 0 Å². The Bertz CT molecular complexity index is 277. The Kier molecular flexibility index (Phi) is 3.49. The minimum absolute atomic E-state index is 0.169. The standard InChI is InChI=1S/C12H20N2O2/c1-10(12-4-3-9-16-12)13-5-7-14(8-6-13)11(2)15/h12H,1,3-9H2,2H3. The molecule has 0 radical (unpaired) electrons. The maximum absolute atomic E-state index is 11.2. The molecule has 2 aliphatic heterocycles. The summed E-state index contributed by atoms with van der Waals surface area (Å²) in [7, 11) is 0. The Hall–Kier alpha value is -1.03. The van der Waals surface area contributed by atoms with E-state index in [4.69, 9.17) is 4.74 Å². The van der Waals surface area contributed by atoms with Crippen LogP contribution < -0.4 is 0 Å². The Morgan fingerprint density at radius 2 is 1.88 bits per heavy atom. The van der Waals surface area contributed by atoms with Crippen LogP contribution in [-0.2, 0) is 9.53 Å². The largest absolute Gasteiger partial charge is 0.372 e. The van der Waals surface area contributed by atoms with Crippen LogP contribution in [0.3, 0.4) is 0 Å². The molecule has 1 amide bonds. The lowest BCUT2D eigenvalue weighted by Gasteiger charge is -2.38. The number of rotatable bonds is 2. The van der Waals surface area contributed by atoms with E-state index >= 15 is 0 Å². The third kappa shape index (κ3) is 2.38. The lowest BCUT2D eigenvalue weighted by molar-refractivity contribution is -0.130. The number of piperazine rings is 1. The molecule has 1 atom stereocenters. The molecule has 0 saturated carbocycles. The first-order chi connectivity index (χ1) is 7.68. The van der Waals surface area contributed by atoms with E-state index in [-0.39, 0.29) is 12.0 Å². The summed E-state index contributed by atoms with van der Waals surface area (Å²) in [6, 6.07) is 0. The highest BCUT2D eigenvalue weighted by molar-refractivity contribution is 5.73. The molecular formula is C12H20N2O2. The van der Waals surface area contributed by atoms with E-state index in [1.807, 2.05) is 4.90 Å². The highest BCUT2D eigenvalue weighted by Crippen LogP contribution is 2.22. The molecule has 2 fully saturated rings. The normalized spacial score (nSPS) is 25.9. The van der Waals surface area contributed by atoms with Gasteiger partial charge in [-0.15, -0.1) is 0 Å². The molecule has 0 aliphatic carbocycles. The average molecular weight is 224 g/mol. The van der Waals surface area contributed by atoms with Crippen molar-refractivity contribution < 1.29 is 9.53 Å². The maximum atomic E-state index is 11.2. The van der Waals surface area contributed by atoms with Crippen LogP contribution in [0.15, 0.2) is 12.3 Å². The van der Waals surface area contributed by atoms with Crippen molar-refractivity contribution in [3.63, 3.8) is 0 Å². The Balaban J connectivity index is 1.84. The van der Waals surface area contributed by atoms with Crippen molar-refractivity contribution in [3.8, 4) is 0 Å². The molecule has 0 spiro atoms. The molecule has 0 aromatic carbocycles. The number of ether oxygens (including phenoxy) is 1. The van der Waals surface area contributed by atoms with Crippen LogP contribution in [0.2, 0.25) is 0 Å². The fourth-order valence-corrected chi connectivity index (χ4v) is 2.35. The molecule has 0 aromatic heterocycles. The highest BCUT2D eigenvalue weighted by Gasteiger charge is 2.26. The van der Waals surface area contributed by atoms with Crippen molar-refractivity contribution in [3.05, 3.63) is 12.3 Å². The van der Waals surface area contributed by atoms with Crippen LogP contribution in [0.5, 0.6) is 0 Å². The van der Waals surface area contributed by atoms with Crippen molar-refractivity contribution in [1.82, 2.24) is 9.80 Å². The number of nitrogens with zero attached hydrogens (tertiary/aromatic N) is 2. The van der Waals surface area contributed by atoms with Crippen LogP contribution >= 0.6 is 0 Å². The van der Waals surface area contributed by atoms with E-state index in [1.165, 1.54) is 0 Å². The molecule has 0 aromatic rings. The van der Waals surface area contributed by atoms with Crippen LogP contribution in [0.1, 0.15) is 19.8 Å². The Morgan fingerprint density at radius 1 is 1.25 bits per heavy atom. The summed E-state index contributed by atoms with van der Waals surface area (Å²) in [5, 5.41) is 0. The van der Waals surface area contributed by atoms with Crippen molar-refractivity contribution in [2.75, 3.05) is 32.8 Å². The number of amides is 1. The van der Waals surface area contributed by atoms with Gasteiger partial charge in [-0.1, -0.05) is 6.58 Å². The van der Waals surface area contributed by atoms with Crippen molar-refractivity contribution in [1.29, 1.82) is 0 Å². The van der Waals surface area contributed by atoms with E-state index in [1.54, 1.807) is 6.92 Å². The summed E-state index contributed by atoms with van der Waals surface area (Å²) >= 11 is 0. The SMILES string of the molecule is C=C(C1CCCO1)N1CCN(C(C)=O)CC1. The summed E-state index contributed by atoms with van der Waals surface area (Å²) in [4.78, 5) is 15.3. The predicted octanol–water partition coefficient (Wildman–Crippen LogP) is 0.843. The van der Waals surface area contributed by atoms with Crippen LogP contribution in [0, 0.1) is 0 Å². The topological polar surface area (TPSA) is 32.8 Å². The van der Waals surface area contributed by atoms with Gasteiger partial charge in [0.25, 0.3) is 0 Å². The lowest BCUT2D eigenvalue weighted by atomic mass is 10.1. The second kappa shape index (κ2) is 4.87. The van der Waals surface area contributed by atoms with Crippen molar-refractivity contribution in [2.24, 2.45) is 0 Å². The van der Waals surface area contributed by atoms with Gasteiger partial charge in [-0.25, -0.2) is 0 Å². The molecular weight excluding hydrogens is 204 g/mol. The highest BCUT2D eigenvalue weighted by atomic mass is 16.5. The molecule has 2 rings (SSSR count). The van der Waals surface area contributed by atoms with E-state index < -0.39 is 0 Å². The summed E-state index contributed by atoms with van der Waals surface area (Å²) in [5.41, 5.74) is 1.10. The van der Waals surface area contributed by atoms with Gasteiger partial charge in [0, 0.05) is 45.4 Å². The zero-order valence-corrected chi connectivity index (χ0v) is 9.95. The zero-order chi connectivity index (χ0) is 11.5. The molecule has 16 heavy (non-hydrogen) atoms. The zero-order valence-electron chi connectivity index (χ0n) is 9.95. The molecule has 0 bridgehead atoms. The van der Waals surface area contributed by atoms with Gasteiger partial charge in [0.15, 0.2) is 0 Å². The molecule has 90 valence electrons. The molecule has 1 unspecified atom stereocenters. The number of hydrogen-bond acceptors (Lipinski definition) is 3. The van der Waals surface area contributed by atoms with Gasteiger partial charge in [-0.3, -0.25) is 4.79 Å². The molecule has 2 heterocycles. The first-order valence-corrected chi connectivity index (χ1v) is 5.99. The van der Waals surface area contributed by atoms with Gasteiger partial charge in [0.2, 0.25) is 5.91 Å². The van der Waals surface area contributed by atoms with Crippen molar-refractivity contribution in [2.45, 2.75) is 25.9 Å².